The molecule has 0 bridgehead atoms. The molecule has 3 heterocycles. The predicted molar refractivity (Wildman–Crippen MR) is 135 cm³/mol. The van der Waals surface area contributed by atoms with Crippen LogP contribution in [0.4, 0.5) is 5.69 Å². The van der Waals surface area contributed by atoms with Gasteiger partial charge in [-0.15, -0.1) is 0 Å². The molecule has 1 aliphatic heterocycles. The van der Waals surface area contributed by atoms with Gasteiger partial charge in [-0.3, -0.25) is 24.3 Å². The van der Waals surface area contributed by atoms with Crippen LogP contribution in [-0.2, 0) is 28.0 Å². The second kappa shape index (κ2) is 10.3. The normalized spacial score (nSPS) is 14.9. The van der Waals surface area contributed by atoms with E-state index in [1.54, 1.807) is 16.8 Å². The van der Waals surface area contributed by atoms with Crippen molar-refractivity contribution in [1.82, 2.24) is 24.6 Å². The highest BCUT2D eigenvalue weighted by Gasteiger charge is 2.41. The zero-order chi connectivity index (χ0) is 25.8. The van der Waals surface area contributed by atoms with E-state index in [1.165, 1.54) is 29.2 Å². The van der Waals surface area contributed by atoms with Crippen molar-refractivity contribution >= 4 is 22.6 Å². The largest absolute Gasteiger partial charge is 0.381 e. The molecule has 0 aliphatic carbocycles. The summed E-state index contributed by atoms with van der Waals surface area (Å²) in [7, 11) is 0. The fourth-order valence-corrected chi connectivity index (χ4v) is 4.76. The maximum Gasteiger partial charge on any atom is 0.269 e. The molecule has 2 aromatic heterocycles. The van der Waals surface area contributed by atoms with Crippen molar-refractivity contribution < 1.29 is 14.5 Å². The van der Waals surface area contributed by atoms with Gasteiger partial charge in [0.1, 0.15) is 11.7 Å². The van der Waals surface area contributed by atoms with Crippen LogP contribution < -0.4 is 10.9 Å². The van der Waals surface area contributed by atoms with Gasteiger partial charge in [0.2, 0.25) is 5.91 Å². The summed E-state index contributed by atoms with van der Waals surface area (Å²) < 4.78 is 8.56. The van der Waals surface area contributed by atoms with Crippen molar-refractivity contribution in [1.29, 1.82) is 0 Å². The van der Waals surface area contributed by atoms with Crippen LogP contribution >= 0.6 is 0 Å². The highest BCUT2D eigenvalue weighted by Crippen LogP contribution is 2.35. The molecule has 0 radical (unpaired) electrons. The monoisotopic (exact) mass is 502 g/mol. The first-order valence-electron chi connectivity index (χ1n) is 12.0. The molecule has 11 nitrogen and oxygen atoms in total. The van der Waals surface area contributed by atoms with E-state index < -0.39 is 10.3 Å². The Morgan fingerprint density at radius 3 is 2.54 bits per heavy atom. The van der Waals surface area contributed by atoms with Gasteiger partial charge in [-0.1, -0.05) is 42.5 Å². The van der Waals surface area contributed by atoms with E-state index in [9.17, 15) is 19.7 Å². The van der Waals surface area contributed by atoms with E-state index in [-0.39, 0.29) is 23.7 Å². The van der Waals surface area contributed by atoms with Crippen molar-refractivity contribution in [3.8, 4) is 0 Å². The van der Waals surface area contributed by atoms with Crippen molar-refractivity contribution in [3.63, 3.8) is 0 Å². The van der Waals surface area contributed by atoms with Gasteiger partial charge in [-0.25, -0.2) is 9.67 Å². The number of hydrogen-bond acceptors (Lipinski definition) is 7. The summed E-state index contributed by atoms with van der Waals surface area (Å²) in [6.45, 7) is 1.98. The first-order valence-corrected chi connectivity index (χ1v) is 12.0. The number of carbonyl (C=O) groups excluding carboxylic acids is 1. The Kier molecular flexibility index (Phi) is 6.78. The minimum atomic E-state index is -0.629. The third kappa shape index (κ3) is 4.85. The molecule has 1 saturated heterocycles. The number of aromatic nitrogens is 4. The highest BCUT2D eigenvalue weighted by molar-refractivity contribution is 5.88. The lowest BCUT2D eigenvalue weighted by Gasteiger charge is -2.36. The number of ether oxygens (including phenoxy) is 1. The molecule has 11 heteroatoms. The number of carbonyl (C=O) groups is 1. The molecule has 1 N–H and O–H groups in total. The van der Waals surface area contributed by atoms with Gasteiger partial charge < -0.3 is 10.1 Å². The molecule has 0 saturated carbocycles. The van der Waals surface area contributed by atoms with Crippen molar-refractivity contribution in [2.45, 2.75) is 31.3 Å². The number of non-ortho nitro benzene ring substituents is 1. The molecule has 0 unspecified atom stereocenters. The summed E-state index contributed by atoms with van der Waals surface area (Å²) in [6, 6.07) is 15.8. The van der Waals surface area contributed by atoms with E-state index >= 15 is 0 Å². The van der Waals surface area contributed by atoms with Crippen LogP contribution in [0.5, 0.6) is 0 Å². The molecule has 190 valence electrons. The molecule has 1 aliphatic rings. The molecule has 0 spiro atoms. The van der Waals surface area contributed by atoms with Crippen LogP contribution in [-0.4, -0.2) is 49.9 Å². The third-order valence-electron chi connectivity index (χ3n) is 6.84. The van der Waals surface area contributed by atoms with Gasteiger partial charge in [-0.05, 0) is 24.0 Å². The topological polar surface area (TPSA) is 134 Å². The van der Waals surface area contributed by atoms with Gasteiger partial charge in [0.25, 0.3) is 11.2 Å². The Morgan fingerprint density at radius 2 is 1.84 bits per heavy atom. The quantitative estimate of drug-likeness (QED) is 0.289. The van der Waals surface area contributed by atoms with Crippen molar-refractivity contribution in [2.75, 3.05) is 19.8 Å². The minimum absolute atomic E-state index is 0.00968. The van der Waals surface area contributed by atoms with Crippen LogP contribution in [0.25, 0.3) is 11.0 Å². The van der Waals surface area contributed by atoms with Crippen LogP contribution in [0.2, 0.25) is 0 Å². The summed E-state index contributed by atoms with van der Waals surface area (Å²) in [6.07, 6.45) is 4.14. The Labute approximate surface area is 211 Å². The minimum Gasteiger partial charge on any atom is -0.381 e. The second-order valence-electron chi connectivity index (χ2n) is 9.02. The highest BCUT2D eigenvalue weighted by atomic mass is 16.6. The summed E-state index contributed by atoms with van der Waals surface area (Å²) in [5.74, 6) is -0.0446. The van der Waals surface area contributed by atoms with E-state index in [0.29, 0.717) is 50.2 Å². The first-order chi connectivity index (χ1) is 18.0. The lowest BCUT2D eigenvalue weighted by Crippen LogP contribution is -2.48. The number of fused-ring (bicyclic) bond motifs is 1. The Bertz CT molecular complexity index is 1470. The van der Waals surface area contributed by atoms with E-state index in [0.717, 1.165) is 11.1 Å². The van der Waals surface area contributed by atoms with Gasteiger partial charge in [0.15, 0.2) is 5.65 Å². The Hall–Kier alpha value is -4.38. The number of nitro groups is 1. The lowest BCUT2D eigenvalue weighted by atomic mass is 9.73. The number of nitrogens with one attached hydrogen (secondary N) is 1. The maximum atomic E-state index is 13.3. The Morgan fingerprint density at radius 1 is 1.11 bits per heavy atom. The molecule has 5 rings (SSSR count). The average Bonchev–Trinajstić information content (AvgIpc) is 3.35. The average molecular weight is 503 g/mol. The fourth-order valence-electron chi connectivity index (χ4n) is 4.76. The van der Waals surface area contributed by atoms with Crippen LogP contribution in [0, 0.1) is 10.1 Å². The van der Waals surface area contributed by atoms with Gasteiger partial charge in [-0.2, -0.15) is 5.10 Å². The predicted octanol–water partition coefficient (Wildman–Crippen LogP) is 2.41. The number of benzene rings is 2. The molecule has 0 atom stereocenters. The lowest BCUT2D eigenvalue weighted by molar-refractivity contribution is -0.384. The number of nitrogens with zero attached hydrogens (tertiary/aromatic N) is 5. The number of nitro benzene ring substituents is 1. The summed E-state index contributed by atoms with van der Waals surface area (Å²) >= 11 is 0. The number of rotatable bonds is 8. The fraction of sp³-hybridized carbons (Fsp3) is 0.308. The molecule has 37 heavy (non-hydrogen) atoms. The molecule has 4 aromatic rings. The van der Waals surface area contributed by atoms with Crippen molar-refractivity contribution in [2.24, 2.45) is 0 Å². The first kappa shape index (κ1) is 24.3. The SMILES string of the molecule is O=C(NCCn1ncc2c(=O)n(Cc3ccc([N+](=O)[O-])cc3)cnc21)C1(c2ccccc2)CCOCC1. The van der Waals surface area contributed by atoms with E-state index in [4.69, 9.17) is 4.74 Å². The molecular formula is C26H26N6O5. The zero-order valence-electron chi connectivity index (χ0n) is 20.1. The van der Waals surface area contributed by atoms with Gasteiger partial charge in [0, 0.05) is 31.9 Å². The molecular weight excluding hydrogens is 476 g/mol. The zero-order valence-corrected chi connectivity index (χ0v) is 20.1. The third-order valence-corrected chi connectivity index (χ3v) is 6.84. The molecule has 2 aromatic carbocycles. The van der Waals surface area contributed by atoms with E-state index in [1.807, 2.05) is 30.3 Å². The second-order valence-corrected chi connectivity index (χ2v) is 9.02. The summed E-state index contributed by atoms with van der Waals surface area (Å²) in [4.78, 5) is 41.1. The Balaban J connectivity index is 1.27. The number of amides is 1. The van der Waals surface area contributed by atoms with Crippen LogP contribution in [0.3, 0.4) is 0 Å². The number of hydrogen-bond donors (Lipinski definition) is 1. The van der Waals surface area contributed by atoms with E-state index in [2.05, 4.69) is 15.4 Å². The standard InChI is InChI=1S/C26H26N6O5/c33-24-22-16-29-31(23(22)28-18-30(24)17-19-6-8-21(9-7-19)32(35)36)13-12-27-25(34)26(10-14-37-15-11-26)20-4-2-1-3-5-20/h1-9,16,18H,10-15,17H2,(H,27,34). The van der Waals surface area contributed by atoms with Gasteiger partial charge >= 0.3 is 0 Å². The van der Waals surface area contributed by atoms with Crippen LogP contribution in [0.1, 0.15) is 24.0 Å². The van der Waals surface area contributed by atoms with Crippen LogP contribution in [0.15, 0.2) is 71.9 Å². The smallest absolute Gasteiger partial charge is 0.269 e. The van der Waals surface area contributed by atoms with Crippen molar-refractivity contribution in [3.05, 3.63) is 98.7 Å². The van der Waals surface area contributed by atoms with Gasteiger partial charge in [0.05, 0.1) is 29.6 Å². The summed E-state index contributed by atoms with van der Waals surface area (Å²) in [5.41, 5.74) is 1.26. The summed E-state index contributed by atoms with van der Waals surface area (Å²) in [5, 5.41) is 18.6. The molecule has 1 amide bonds. The molecule has 1 fully saturated rings. The maximum absolute atomic E-state index is 13.3.